The quantitative estimate of drug-likeness (QED) is 0.160. The number of methoxy groups -OCH3 is 1. The smallest absolute Gasteiger partial charge is 0.342 e. The average Bonchev–Trinajstić information content (AvgIpc) is 3.35. The van der Waals surface area contributed by atoms with Crippen LogP contribution >= 0.6 is 0 Å². The van der Waals surface area contributed by atoms with E-state index in [1.165, 1.54) is 12.1 Å². The number of carboxylic acids is 1. The fourth-order valence-corrected chi connectivity index (χ4v) is 5.63. The van der Waals surface area contributed by atoms with Gasteiger partial charge in [0.05, 0.1) is 20.3 Å². The summed E-state index contributed by atoms with van der Waals surface area (Å²) < 4.78 is 49.2. The van der Waals surface area contributed by atoms with E-state index >= 15 is 0 Å². The van der Waals surface area contributed by atoms with Crippen LogP contribution in [0.15, 0.2) is 65.1 Å². The number of aliphatic carboxylic acids is 1. The van der Waals surface area contributed by atoms with Crippen molar-refractivity contribution in [2.24, 2.45) is 0 Å². The van der Waals surface area contributed by atoms with Gasteiger partial charge in [-0.15, -0.1) is 0 Å². The summed E-state index contributed by atoms with van der Waals surface area (Å²) in [7, 11) is -2.74. The Kier molecular flexibility index (Phi) is 9.70. The van der Waals surface area contributed by atoms with Gasteiger partial charge in [-0.2, -0.15) is 8.42 Å². The van der Waals surface area contributed by atoms with Crippen LogP contribution in [0.3, 0.4) is 0 Å². The second-order valence-electron chi connectivity index (χ2n) is 10.2. The number of esters is 1. The maximum Gasteiger partial charge on any atom is 0.342 e. The van der Waals surface area contributed by atoms with E-state index in [4.69, 9.17) is 18.4 Å². The number of carbonyl (C=O) groups excluding carboxylic acids is 2. The Labute approximate surface area is 245 Å². The van der Waals surface area contributed by atoms with E-state index in [1.54, 1.807) is 32.2 Å². The summed E-state index contributed by atoms with van der Waals surface area (Å²) >= 11 is 0. The molecule has 0 radical (unpaired) electrons. The van der Waals surface area contributed by atoms with Crippen molar-refractivity contribution in [3.63, 3.8) is 0 Å². The van der Waals surface area contributed by atoms with E-state index in [9.17, 15) is 23.1 Å². The van der Waals surface area contributed by atoms with E-state index in [2.05, 4.69) is 0 Å². The van der Waals surface area contributed by atoms with Crippen LogP contribution in [-0.4, -0.2) is 27.5 Å². The zero-order chi connectivity index (χ0) is 30.4. The predicted molar refractivity (Wildman–Crippen MR) is 152 cm³/mol. The summed E-state index contributed by atoms with van der Waals surface area (Å²) in [6.07, 6.45) is 2.07. The molecule has 1 aliphatic heterocycles. The molecule has 0 N–H and O–H groups in total. The normalized spacial score (nSPS) is 13.0. The van der Waals surface area contributed by atoms with Crippen molar-refractivity contribution in [2.75, 3.05) is 7.11 Å². The van der Waals surface area contributed by atoms with E-state index in [0.717, 1.165) is 28.0 Å². The number of fused-ring (bicyclic) bond motifs is 1. The molecular weight excluding hydrogens is 560 g/mol. The zero-order valence-electron chi connectivity index (χ0n) is 24.0. The Bertz CT molecular complexity index is 1600. The van der Waals surface area contributed by atoms with Crippen LogP contribution in [0, 0.1) is 13.8 Å². The van der Waals surface area contributed by atoms with E-state index in [-0.39, 0.29) is 55.3 Å². The van der Waals surface area contributed by atoms with Gasteiger partial charge in [-0.1, -0.05) is 41.5 Å². The van der Waals surface area contributed by atoms with Gasteiger partial charge in [0.15, 0.2) is 5.75 Å². The minimum absolute atomic E-state index is 0.0207. The average molecular weight is 594 g/mol. The molecule has 10 heteroatoms. The molecule has 3 aromatic carbocycles. The van der Waals surface area contributed by atoms with Crippen molar-refractivity contribution in [1.29, 1.82) is 0 Å². The number of aryl methyl sites for hydroxylation is 1. The highest BCUT2D eigenvalue weighted by Gasteiger charge is 2.35. The Morgan fingerprint density at radius 2 is 1.69 bits per heavy atom. The van der Waals surface area contributed by atoms with Gasteiger partial charge in [0.1, 0.15) is 22.8 Å². The van der Waals surface area contributed by atoms with Gasteiger partial charge in [-0.25, -0.2) is 4.79 Å². The summed E-state index contributed by atoms with van der Waals surface area (Å²) in [5, 5.41) is 11.0. The number of carboxylic acid groups (broad SMARTS) is 1. The lowest BCUT2D eigenvalue weighted by atomic mass is 9.90. The van der Waals surface area contributed by atoms with Gasteiger partial charge in [-0.05, 0) is 81.0 Å². The van der Waals surface area contributed by atoms with Crippen molar-refractivity contribution in [3.05, 3.63) is 99.1 Å². The van der Waals surface area contributed by atoms with Crippen molar-refractivity contribution in [1.82, 2.24) is 0 Å². The highest BCUT2D eigenvalue weighted by molar-refractivity contribution is 7.87. The summed E-state index contributed by atoms with van der Waals surface area (Å²) in [5.41, 5.74) is 5.01. The second-order valence-corrected chi connectivity index (χ2v) is 11.7. The van der Waals surface area contributed by atoms with E-state index in [1.807, 2.05) is 38.1 Å². The van der Waals surface area contributed by atoms with Crippen LogP contribution in [0.2, 0.25) is 0 Å². The molecule has 222 valence electrons. The van der Waals surface area contributed by atoms with E-state index < -0.39 is 22.1 Å². The fraction of sp³-hybridized carbons (Fsp3) is 0.312. The van der Waals surface area contributed by atoms with Crippen LogP contribution in [0.25, 0.3) is 0 Å². The highest BCUT2D eigenvalue weighted by Crippen LogP contribution is 2.41. The molecular formula is C32H33O9S-. The molecule has 0 saturated carbocycles. The Hall–Kier alpha value is -4.15. The van der Waals surface area contributed by atoms with Gasteiger partial charge >= 0.3 is 16.1 Å². The van der Waals surface area contributed by atoms with Crippen LogP contribution in [-0.2, 0) is 50.6 Å². The predicted octanol–water partition coefficient (Wildman–Crippen LogP) is 4.49. The first-order valence-corrected chi connectivity index (χ1v) is 14.8. The molecule has 1 aliphatic rings. The van der Waals surface area contributed by atoms with Gasteiger partial charge in [0.25, 0.3) is 0 Å². The number of cyclic esters (lactones) is 1. The number of hydrogen-bond acceptors (Lipinski definition) is 9. The minimum Gasteiger partial charge on any atom is -0.550 e. The molecule has 0 unspecified atom stereocenters. The molecule has 0 fully saturated rings. The third-order valence-electron chi connectivity index (χ3n) is 7.18. The van der Waals surface area contributed by atoms with Crippen molar-refractivity contribution < 1.29 is 41.5 Å². The van der Waals surface area contributed by atoms with Crippen molar-refractivity contribution in [3.8, 4) is 11.5 Å². The second kappa shape index (κ2) is 13.2. The fourth-order valence-electron chi connectivity index (χ4n) is 4.66. The van der Waals surface area contributed by atoms with Crippen molar-refractivity contribution >= 4 is 22.1 Å². The van der Waals surface area contributed by atoms with Crippen LogP contribution in [0.5, 0.6) is 11.5 Å². The maximum atomic E-state index is 13.4. The Balaban J connectivity index is 1.77. The zero-order valence-corrected chi connectivity index (χ0v) is 24.8. The molecule has 0 amide bonds. The van der Waals surface area contributed by atoms with Crippen molar-refractivity contribution in [2.45, 2.75) is 64.7 Å². The Morgan fingerprint density at radius 3 is 2.33 bits per heavy atom. The summed E-state index contributed by atoms with van der Waals surface area (Å²) in [4.78, 5) is 23.8. The first-order valence-electron chi connectivity index (χ1n) is 13.4. The molecule has 0 spiro atoms. The molecule has 9 nitrogen and oxygen atoms in total. The van der Waals surface area contributed by atoms with Gasteiger partial charge in [0, 0.05) is 17.1 Å². The molecule has 0 aromatic heterocycles. The van der Waals surface area contributed by atoms with Crippen LogP contribution in [0.1, 0.15) is 63.5 Å². The minimum atomic E-state index is -4.32. The molecule has 0 atom stereocenters. The van der Waals surface area contributed by atoms with Gasteiger partial charge < -0.3 is 28.3 Å². The lowest BCUT2D eigenvalue weighted by Gasteiger charge is -2.20. The number of benzene rings is 3. The number of hydrogen-bond donors (Lipinski definition) is 0. The molecule has 42 heavy (non-hydrogen) atoms. The molecule has 0 saturated heterocycles. The molecule has 3 aromatic rings. The number of allylic oxidation sites excluding steroid dienone is 2. The number of rotatable bonds is 13. The summed E-state index contributed by atoms with van der Waals surface area (Å²) in [6, 6.07) is 13.6. The molecule has 1 heterocycles. The topological polar surface area (TPSA) is 128 Å². The van der Waals surface area contributed by atoms with Crippen LogP contribution < -0.4 is 14.0 Å². The Morgan fingerprint density at radius 1 is 1.00 bits per heavy atom. The van der Waals surface area contributed by atoms with Gasteiger partial charge in [-0.3, -0.25) is 0 Å². The first-order chi connectivity index (χ1) is 20.0. The van der Waals surface area contributed by atoms with Gasteiger partial charge in [0.2, 0.25) is 0 Å². The molecule has 0 bridgehead atoms. The van der Waals surface area contributed by atoms with Crippen LogP contribution in [0.4, 0.5) is 0 Å². The lowest BCUT2D eigenvalue weighted by molar-refractivity contribution is -0.305. The third kappa shape index (κ3) is 7.18. The molecule has 4 rings (SSSR count). The first kappa shape index (κ1) is 30.8. The summed E-state index contributed by atoms with van der Waals surface area (Å²) in [6.45, 7) is 5.80. The summed E-state index contributed by atoms with van der Waals surface area (Å²) in [5.74, 6) is -1.23. The standard InChI is InChI=1S/C32H34O9S/c1-20-5-13-25(14-6-20)42(36,37)41-31-26(15-7-21(2)8-16-29(33)34)27(22(3)28-19-40-32(35)30(28)31)18-39-17-23-9-11-24(38-4)12-10-23/h5-7,9-14H,8,15-19H2,1-4H3,(H,33,34)/p-1/b21-7+. The number of carbonyl (C=O) groups is 2. The SMILES string of the molecule is COc1ccc(COCc2c(C)c3c(c(OS(=O)(=O)c4ccc(C)cc4)c2C/C=C(\C)CCC(=O)[O-])C(=O)OC3)cc1. The number of ether oxygens (including phenoxy) is 3. The largest absolute Gasteiger partial charge is 0.550 e. The monoisotopic (exact) mass is 593 g/mol. The van der Waals surface area contributed by atoms with E-state index in [0.29, 0.717) is 16.7 Å². The lowest BCUT2D eigenvalue weighted by Crippen LogP contribution is -2.21. The highest BCUT2D eigenvalue weighted by atomic mass is 32.2. The molecule has 0 aliphatic carbocycles. The maximum absolute atomic E-state index is 13.4. The third-order valence-corrected chi connectivity index (χ3v) is 8.41.